The zero-order valence-corrected chi connectivity index (χ0v) is 4.77. The van der Waals surface area contributed by atoms with Crippen LogP contribution in [0.5, 0.6) is 0 Å². The van der Waals surface area contributed by atoms with Crippen LogP contribution in [0.3, 0.4) is 0 Å². The minimum Gasteiger partial charge on any atom is -0.500 e. The molecule has 0 spiro atoms. The van der Waals surface area contributed by atoms with Gasteiger partial charge in [-0.25, -0.2) is 0 Å². The Morgan fingerprint density at radius 1 is 1.86 bits per heavy atom. The van der Waals surface area contributed by atoms with Gasteiger partial charge in [0, 0.05) is 0 Å². The van der Waals surface area contributed by atoms with Gasteiger partial charge in [0.25, 0.3) is 0 Å². The molecule has 0 amide bonds. The van der Waals surface area contributed by atoms with E-state index in [4.69, 9.17) is 10.5 Å². The molecule has 42 valence electrons. The Hall–Kier alpha value is -0.500. The molecule has 0 aliphatic rings. The van der Waals surface area contributed by atoms with Gasteiger partial charge in [0.05, 0.1) is 13.2 Å². The molecule has 0 radical (unpaired) electrons. The Balaban J connectivity index is 3.35. The van der Waals surface area contributed by atoms with Crippen LogP contribution in [-0.2, 0) is 4.74 Å². The van der Waals surface area contributed by atoms with E-state index < -0.39 is 0 Å². The van der Waals surface area contributed by atoms with Crippen LogP contribution in [0.4, 0.5) is 0 Å². The number of nitrogens with two attached hydrogens (primary N) is 1. The summed E-state index contributed by atoms with van der Waals surface area (Å²) < 4.78 is 4.69. The van der Waals surface area contributed by atoms with E-state index in [0.717, 1.165) is 0 Å². The summed E-state index contributed by atoms with van der Waals surface area (Å²) in [6, 6.07) is -0.0509. The second kappa shape index (κ2) is 2.64. The van der Waals surface area contributed by atoms with Gasteiger partial charge in [0.15, 0.2) is 0 Å². The molecule has 0 aliphatic carbocycles. The Kier molecular flexibility index (Phi) is 2.45. The lowest BCUT2D eigenvalue weighted by atomic mass is 10.3. The highest BCUT2D eigenvalue weighted by molar-refractivity contribution is 4.90. The van der Waals surface area contributed by atoms with Crippen LogP contribution in [-0.4, -0.2) is 13.2 Å². The SMILES string of the molecule is C=C(OC)[C@H](C)N. The molecule has 0 bridgehead atoms. The van der Waals surface area contributed by atoms with E-state index in [2.05, 4.69) is 6.58 Å². The number of ether oxygens (including phenoxy) is 1. The van der Waals surface area contributed by atoms with Crippen LogP contribution in [0.15, 0.2) is 12.3 Å². The normalized spacial score (nSPS) is 13.0. The van der Waals surface area contributed by atoms with Crippen LogP contribution in [0.25, 0.3) is 0 Å². The number of rotatable bonds is 2. The van der Waals surface area contributed by atoms with Crippen molar-refractivity contribution >= 4 is 0 Å². The molecule has 0 rings (SSSR count). The third-order valence-corrected chi connectivity index (χ3v) is 0.770. The van der Waals surface area contributed by atoms with Gasteiger partial charge in [0.1, 0.15) is 5.76 Å². The van der Waals surface area contributed by atoms with Gasteiger partial charge >= 0.3 is 0 Å². The lowest BCUT2D eigenvalue weighted by Gasteiger charge is -2.05. The summed E-state index contributed by atoms with van der Waals surface area (Å²) in [4.78, 5) is 0. The maximum absolute atomic E-state index is 5.32. The van der Waals surface area contributed by atoms with E-state index in [1.54, 1.807) is 7.11 Å². The Morgan fingerprint density at radius 2 is 2.29 bits per heavy atom. The molecule has 2 heteroatoms. The Bertz CT molecular complexity index is 68.5. The van der Waals surface area contributed by atoms with E-state index >= 15 is 0 Å². The van der Waals surface area contributed by atoms with E-state index in [9.17, 15) is 0 Å². The molecular formula is C5H11NO. The molecule has 7 heavy (non-hydrogen) atoms. The molecule has 1 atom stereocenters. The predicted molar refractivity (Wildman–Crippen MR) is 29.8 cm³/mol. The second-order valence-electron chi connectivity index (χ2n) is 1.46. The van der Waals surface area contributed by atoms with E-state index in [1.165, 1.54) is 0 Å². The fraction of sp³-hybridized carbons (Fsp3) is 0.600. The molecule has 2 N–H and O–H groups in total. The largest absolute Gasteiger partial charge is 0.500 e. The standard InChI is InChI=1S/C5H11NO/c1-4(6)5(2)7-3/h4H,2,6H2,1,3H3/t4-/m0/s1. The fourth-order valence-electron chi connectivity index (χ4n) is 0.186. The third kappa shape index (κ3) is 2.23. The van der Waals surface area contributed by atoms with Crippen LogP contribution >= 0.6 is 0 Å². The van der Waals surface area contributed by atoms with E-state index in [0.29, 0.717) is 5.76 Å². The van der Waals surface area contributed by atoms with Crippen LogP contribution in [0, 0.1) is 0 Å². The molecule has 0 fully saturated rings. The lowest BCUT2D eigenvalue weighted by Crippen LogP contribution is -2.17. The average Bonchev–Trinajstić information content (AvgIpc) is 1.65. The molecule has 0 aromatic carbocycles. The smallest absolute Gasteiger partial charge is 0.105 e. The third-order valence-electron chi connectivity index (χ3n) is 0.770. The van der Waals surface area contributed by atoms with Crippen molar-refractivity contribution in [2.45, 2.75) is 13.0 Å². The summed E-state index contributed by atoms with van der Waals surface area (Å²) >= 11 is 0. The van der Waals surface area contributed by atoms with Gasteiger partial charge in [-0.15, -0.1) is 0 Å². The van der Waals surface area contributed by atoms with Crippen molar-refractivity contribution in [3.05, 3.63) is 12.3 Å². The molecule has 0 heterocycles. The summed E-state index contributed by atoms with van der Waals surface area (Å²) in [6.45, 7) is 5.35. The minimum absolute atomic E-state index is 0.0509. The Labute approximate surface area is 44.0 Å². The quantitative estimate of drug-likeness (QED) is 0.514. The highest BCUT2D eigenvalue weighted by Crippen LogP contribution is 1.92. The van der Waals surface area contributed by atoms with Crippen molar-refractivity contribution in [3.8, 4) is 0 Å². The van der Waals surface area contributed by atoms with Crippen molar-refractivity contribution in [1.82, 2.24) is 0 Å². The van der Waals surface area contributed by atoms with Crippen LogP contribution < -0.4 is 5.73 Å². The zero-order chi connectivity index (χ0) is 5.86. The maximum Gasteiger partial charge on any atom is 0.105 e. The molecule has 0 aromatic rings. The highest BCUT2D eigenvalue weighted by Gasteiger charge is 1.95. The molecule has 2 nitrogen and oxygen atoms in total. The first-order valence-corrected chi connectivity index (χ1v) is 2.17. The van der Waals surface area contributed by atoms with Crippen molar-refractivity contribution in [3.63, 3.8) is 0 Å². The zero-order valence-electron chi connectivity index (χ0n) is 4.77. The van der Waals surface area contributed by atoms with Gasteiger partial charge in [-0.2, -0.15) is 0 Å². The first-order valence-electron chi connectivity index (χ1n) is 2.17. The van der Waals surface area contributed by atoms with Gasteiger partial charge in [-0.05, 0) is 6.92 Å². The van der Waals surface area contributed by atoms with Crippen molar-refractivity contribution in [1.29, 1.82) is 0 Å². The van der Waals surface area contributed by atoms with E-state index in [1.807, 2.05) is 6.92 Å². The molecular weight excluding hydrogens is 90.1 g/mol. The van der Waals surface area contributed by atoms with E-state index in [-0.39, 0.29) is 6.04 Å². The topological polar surface area (TPSA) is 35.2 Å². The summed E-state index contributed by atoms with van der Waals surface area (Å²) in [5, 5.41) is 0. The molecule has 0 saturated heterocycles. The molecule has 0 aliphatic heterocycles. The summed E-state index contributed by atoms with van der Waals surface area (Å²) in [7, 11) is 1.56. The van der Waals surface area contributed by atoms with Gasteiger partial charge < -0.3 is 10.5 Å². The first kappa shape index (κ1) is 6.50. The van der Waals surface area contributed by atoms with Gasteiger partial charge in [-0.1, -0.05) is 6.58 Å². The number of hydrogen-bond acceptors (Lipinski definition) is 2. The molecule has 0 unspecified atom stereocenters. The minimum atomic E-state index is -0.0509. The molecule has 0 aromatic heterocycles. The van der Waals surface area contributed by atoms with Crippen molar-refractivity contribution in [2.75, 3.05) is 7.11 Å². The van der Waals surface area contributed by atoms with Crippen molar-refractivity contribution < 1.29 is 4.74 Å². The fourth-order valence-corrected chi connectivity index (χ4v) is 0.186. The maximum atomic E-state index is 5.32. The average molecular weight is 101 g/mol. The lowest BCUT2D eigenvalue weighted by molar-refractivity contribution is 0.271. The first-order chi connectivity index (χ1) is 3.18. The summed E-state index contributed by atoms with van der Waals surface area (Å²) in [5.74, 6) is 0.625. The predicted octanol–water partition coefficient (Wildman–Crippen LogP) is 0.494. The number of hydrogen-bond donors (Lipinski definition) is 1. The van der Waals surface area contributed by atoms with Gasteiger partial charge in [0.2, 0.25) is 0 Å². The van der Waals surface area contributed by atoms with Crippen molar-refractivity contribution in [2.24, 2.45) is 5.73 Å². The summed E-state index contributed by atoms with van der Waals surface area (Å²) in [5.41, 5.74) is 5.32. The monoisotopic (exact) mass is 101 g/mol. The number of methoxy groups -OCH3 is 1. The highest BCUT2D eigenvalue weighted by atomic mass is 16.5. The van der Waals surface area contributed by atoms with Crippen LogP contribution in [0.2, 0.25) is 0 Å². The second-order valence-corrected chi connectivity index (χ2v) is 1.46. The molecule has 0 saturated carbocycles. The van der Waals surface area contributed by atoms with Gasteiger partial charge in [-0.3, -0.25) is 0 Å². The Morgan fingerprint density at radius 3 is 2.29 bits per heavy atom. The van der Waals surface area contributed by atoms with Crippen LogP contribution in [0.1, 0.15) is 6.92 Å². The summed E-state index contributed by atoms with van der Waals surface area (Å²) in [6.07, 6.45) is 0.